The minimum Gasteiger partial charge on any atom is -0.397 e. The lowest BCUT2D eigenvalue weighted by atomic mass is 10.1. The van der Waals surface area contributed by atoms with Gasteiger partial charge in [-0.1, -0.05) is 0 Å². The first-order valence-electron chi connectivity index (χ1n) is 6.16. The Hall–Kier alpha value is -1.29. The van der Waals surface area contributed by atoms with Crippen LogP contribution in [0.2, 0.25) is 0 Å². The molecular weight excluding hydrogens is 219 g/mol. The molecule has 1 atom stereocenters. The first kappa shape index (κ1) is 12.2. The van der Waals surface area contributed by atoms with Gasteiger partial charge in [0.25, 0.3) is 0 Å². The standard InChI is InChI=1S/C13H19FN2O/c14-10-4-5-12(15)13(9-10)16-7-6-11-3-1-2-8-17-11/h4-5,9,11,16H,1-3,6-8,15H2. The molecule has 0 spiro atoms. The summed E-state index contributed by atoms with van der Waals surface area (Å²) >= 11 is 0. The molecule has 3 nitrogen and oxygen atoms in total. The van der Waals surface area contributed by atoms with Crippen LogP contribution in [0.5, 0.6) is 0 Å². The Balaban J connectivity index is 1.79. The van der Waals surface area contributed by atoms with E-state index in [0.717, 1.165) is 26.0 Å². The fourth-order valence-corrected chi connectivity index (χ4v) is 2.08. The van der Waals surface area contributed by atoms with E-state index in [4.69, 9.17) is 10.5 Å². The molecule has 0 aliphatic carbocycles. The summed E-state index contributed by atoms with van der Waals surface area (Å²) in [6.45, 7) is 1.63. The average Bonchev–Trinajstić information content (AvgIpc) is 2.35. The number of hydrogen-bond acceptors (Lipinski definition) is 3. The van der Waals surface area contributed by atoms with Crippen LogP contribution in [0.25, 0.3) is 0 Å². The molecule has 1 unspecified atom stereocenters. The molecule has 1 aliphatic rings. The summed E-state index contributed by atoms with van der Waals surface area (Å²) in [4.78, 5) is 0. The van der Waals surface area contributed by atoms with Crippen molar-refractivity contribution < 1.29 is 9.13 Å². The number of nitrogens with one attached hydrogen (secondary N) is 1. The fraction of sp³-hybridized carbons (Fsp3) is 0.538. The highest BCUT2D eigenvalue weighted by molar-refractivity contribution is 5.65. The predicted molar refractivity (Wildman–Crippen MR) is 67.5 cm³/mol. The van der Waals surface area contributed by atoms with E-state index in [-0.39, 0.29) is 5.82 Å². The lowest BCUT2D eigenvalue weighted by Gasteiger charge is -2.22. The van der Waals surface area contributed by atoms with Crippen molar-refractivity contribution in [1.82, 2.24) is 0 Å². The predicted octanol–water partition coefficient (Wildman–Crippen LogP) is 2.78. The second-order valence-corrected chi connectivity index (χ2v) is 4.44. The van der Waals surface area contributed by atoms with Gasteiger partial charge < -0.3 is 15.8 Å². The third kappa shape index (κ3) is 3.60. The molecule has 0 saturated carbocycles. The normalized spacial score (nSPS) is 20.2. The van der Waals surface area contributed by atoms with Crippen molar-refractivity contribution in [2.45, 2.75) is 31.8 Å². The molecule has 0 bridgehead atoms. The Morgan fingerprint density at radius 2 is 2.29 bits per heavy atom. The van der Waals surface area contributed by atoms with Crippen LogP contribution < -0.4 is 11.1 Å². The topological polar surface area (TPSA) is 47.3 Å². The zero-order chi connectivity index (χ0) is 12.1. The molecule has 17 heavy (non-hydrogen) atoms. The molecule has 1 aromatic carbocycles. The quantitative estimate of drug-likeness (QED) is 0.793. The first-order chi connectivity index (χ1) is 8.25. The minimum absolute atomic E-state index is 0.268. The molecule has 0 aromatic heterocycles. The van der Waals surface area contributed by atoms with E-state index in [9.17, 15) is 4.39 Å². The molecule has 0 radical (unpaired) electrons. The Morgan fingerprint density at radius 1 is 1.41 bits per heavy atom. The SMILES string of the molecule is Nc1ccc(F)cc1NCCC1CCCCO1. The van der Waals surface area contributed by atoms with Gasteiger partial charge in [-0.25, -0.2) is 4.39 Å². The maximum atomic E-state index is 13.0. The third-order valence-corrected chi connectivity index (χ3v) is 3.07. The van der Waals surface area contributed by atoms with Crippen LogP contribution in [-0.4, -0.2) is 19.3 Å². The summed E-state index contributed by atoms with van der Waals surface area (Å²) < 4.78 is 18.6. The number of nitrogen functional groups attached to an aromatic ring is 1. The third-order valence-electron chi connectivity index (χ3n) is 3.07. The van der Waals surface area contributed by atoms with Crippen LogP contribution in [-0.2, 0) is 4.74 Å². The molecule has 1 aliphatic heterocycles. The van der Waals surface area contributed by atoms with Gasteiger partial charge in [-0.05, 0) is 43.9 Å². The van der Waals surface area contributed by atoms with E-state index in [2.05, 4.69) is 5.32 Å². The highest BCUT2D eigenvalue weighted by Crippen LogP contribution is 2.20. The van der Waals surface area contributed by atoms with Crippen molar-refractivity contribution in [2.24, 2.45) is 0 Å². The maximum Gasteiger partial charge on any atom is 0.125 e. The number of rotatable bonds is 4. The Morgan fingerprint density at radius 3 is 3.06 bits per heavy atom. The number of ether oxygens (including phenoxy) is 1. The second-order valence-electron chi connectivity index (χ2n) is 4.44. The molecule has 3 N–H and O–H groups in total. The highest BCUT2D eigenvalue weighted by Gasteiger charge is 2.13. The zero-order valence-electron chi connectivity index (χ0n) is 9.92. The smallest absolute Gasteiger partial charge is 0.125 e. The summed E-state index contributed by atoms with van der Waals surface area (Å²) in [5.74, 6) is -0.268. The molecule has 2 rings (SSSR count). The number of benzene rings is 1. The summed E-state index contributed by atoms with van der Waals surface area (Å²) in [5.41, 5.74) is 7.00. The van der Waals surface area contributed by atoms with Crippen molar-refractivity contribution in [3.8, 4) is 0 Å². The van der Waals surface area contributed by atoms with Crippen molar-refractivity contribution >= 4 is 11.4 Å². The van der Waals surface area contributed by atoms with Gasteiger partial charge in [-0.3, -0.25) is 0 Å². The number of halogens is 1. The van der Waals surface area contributed by atoms with Crippen LogP contribution in [0.1, 0.15) is 25.7 Å². The first-order valence-corrected chi connectivity index (χ1v) is 6.16. The molecule has 94 valence electrons. The maximum absolute atomic E-state index is 13.0. The van der Waals surface area contributed by atoms with E-state index in [1.807, 2.05) is 0 Å². The summed E-state index contributed by atoms with van der Waals surface area (Å²) in [5, 5.41) is 3.16. The van der Waals surface area contributed by atoms with E-state index < -0.39 is 0 Å². The van der Waals surface area contributed by atoms with Gasteiger partial charge in [-0.15, -0.1) is 0 Å². The van der Waals surface area contributed by atoms with E-state index in [0.29, 0.717) is 17.5 Å². The van der Waals surface area contributed by atoms with Crippen LogP contribution >= 0.6 is 0 Å². The van der Waals surface area contributed by atoms with E-state index in [1.54, 1.807) is 6.07 Å². The molecule has 1 fully saturated rings. The summed E-state index contributed by atoms with van der Waals surface area (Å²) in [6, 6.07) is 4.37. The lowest BCUT2D eigenvalue weighted by Crippen LogP contribution is -2.22. The van der Waals surface area contributed by atoms with Crippen LogP contribution in [0.3, 0.4) is 0 Å². The van der Waals surface area contributed by atoms with E-state index in [1.165, 1.54) is 25.0 Å². The fourth-order valence-electron chi connectivity index (χ4n) is 2.08. The van der Waals surface area contributed by atoms with E-state index >= 15 is 0 Å². The van der Waals surface area contributed by atoms with Crippen LogP contribution in [0.15, 0.2) is 18.2 Å². The highest BCUT2D eigenvalue weighted by atomic mass is 19.1. The molecule has 1 aromatic rings. The molecular formula is C13H19FN2O. The Bertz CT molecular complexity index is 364. The van der Waals surface area contributed by atoms with Gasteiger partial charge in [-0.2, -0.15) is 0 Å². The van der Waals surface area contributed by atoms with Gasteiger partial charge in [0.2, 0.25) is 0 Å². The van der Waals surface area contributed by atoms with Crippen molar-refractivity contribution in [1.29, 1.82) is 0 Å². The summed E-state index contributed by atoms with van der Waals surface area (Å²) in [6.07, 6.45) is 4.81. The van der Waals surface area contributed by atoms with Crippen molar-refractivity contribution in [3.05, 3.63) is 24.0 Å². The number of hydrogen-bond donors (Lipinski definition) is 2. The molecule has 4 heteroatoms. The summed E-state index contributed by atoms with van der Waals surface area (Å²) in [7, 11) is 0. The largest absolute Gasteiger partial charge is 0.397 e. The van der Waals surface area contributed by atoms with Crippen LogP contribution in [0, 0.1) is 5.82 Å². The van der Waals surface area contributed by atoms with Gasteiger partial charge in [0.15, 0.2) is 0 Å². The average molecular weight is 238 g/mol. The van der Waals surface area contributed by atoms with Crippen molar-refractivity contribution in [2.75, 3.05) is 24.2 Å². The molecule has 1 saturated heterocycles. The lowest BCUT2D eigenvalue weighted by molar-refractivity contribution is 0.0134. The molecule has 0 amide bonds. The van der Waals surface area contributed by atoms with Crippen LogP contribution in [0.4, 0.5) is 15.8 Å². The second kappa shape index (κ2) is 5.87. The Kier molecular flexibility index (Phi) is 4.20. The monoisotopic (exact) mass is 238 g/mol. The number of anilines is 2. The molecule has 1 heterocycles. The van der Waals surface area contributed by atoms with Crippen molar-refractivity contribution in [3.63, 3.8) is 0 Å². The van der Waals surface area contributed by atoms with Gasteiger partial charge in [0.1, 0.15) is 5.82 Å². The minimum atomic E-state index is -0.268. The van der Waals surface area contributed by atoms with Gasteiger partial charge >= 0.3 is 0 Å². The van der Waals surface area contributed by atoms with Gasteiger partial charge in [0.05, 0.1) is 17.5 Å². The Labute approximate surface area is 101 Å². The zero-order valence-corrected chi connectivity index (χ0v) is 9.92. The number of nitrogens with two attached hydrogens (primary N) is 1. The van der Waals surface area contributed by atoms with Gasteiger partial charge in [0, 0.05) is 13.2 Å².